The molecule has 4 bridgehead atoms. The molecule has 104 valence electrons. The van der Waals surface area contributed by atoms with Crippen LogP contribution in [-0.4, -0.2) is 0 Å². The molecule has 0 aliphatic heterocycles. The van der Waals surface area contributed by atoms with Crippen LogP contribution in [0.25, 0.3) is 0 Å². The molecule has 1 aromatic rings. The van der Waals surface area contributed by atoms with E-state index in [0.717, 1.165) is 17.8 Å². The maximum atomic E-state index is 7.03. The second kappa shape index (κ2) is 4.48. The average molecular weight is 360 g/mol. The molecule has 0 N–H and O–H groups in total. The number of hydrogen-bond donors (Lipinski definition) is 0. The third-order valence-corrected chi connectivity index (χ3v) is 8.09. The summed E-state index contributed by atoms with van der Waals surface area (Å²) in [5.41, 5.74) is 1.82. The van der Waals surface area contributed by atoms with Crippen molar-refractivity contribution in [1.82, 2.24) is 0 Å². The lowest BCUT2D eigenvalue weighted by atomic mass is 9.48. The van der Waals surface area contributed by atoms with Crippen LogP contribution in [0.1, 0.15) is 54.3 Å². The molecule has 1 heterocycles. The van der Waals surface area contributed by atoms with Crippen LogP contribution in [0.5, 0.6) is 0 Å². The fourth-order valence-electron chi connectivity index (χ4n) is 5.53. The summed E-state index contributed by atoms with van der Waals surface area (Å²) in [6.45, 7) is 2.22. The predicted octanol–water partition coefficient (Wildman–Crippen LogP) is 6.32. The van der Waals surface area contributed by atoms with Gasteiger partial charge in [0.05, 0.1) is 9.16 Å². The molecule has 0 nitrogen and oxygen atoms in total. The first-order chi connectivity index (χ1) is 9.06. The van der Waals surface area contributed by atoms with Crippen molar-refractivity contribution >= 4 is 38.9 Å². The van der Waals surface area contributed by atoms with Gasteiger partial charge in [0.15, 0.2) is 0 Å². The molecule has 1 unspecified atom stereocenters. The van der Waals surface area contributed by atoms with E-state index in [2.05, 4.69) is 28.9 Å². The van der Waals surface area contributed by atoms with E-state index in [9.17, 15) is 0 Å². The van der Waals surface area contributed by atoms with Gasteiger partial charge in [-0.2, -0.15) is 0 Å². The molecule has 4 aliphatic carbocycles. The van der Waals surface area contributed by atoms with Crippen LogP contribution < -0.4 is 0 Å². The molecule has 4 fully saturated rings. The van der Waals surface area contributed by atoms with Gasteiger partial charge in [-0.15, -0.1) is 22.9 Å². The fraction of sp³-hybridized carbons (Fsp3) is 0.750. The van der Waals surface area contributed by atoms with Crippen LogP contribution in [0.3, 0.4) is 0 Å². The lowest BCUT2D eigenvalue weighted by Crippen LogP contribution is -2.47. The van der Waals surface area contributed by atoms with Gasteiger partial charge in [0.25, 0.3) is 0 Å². The normalized spacial score (nSPS) is 41.7. The summed E-state index contributed by atoms with van der Waals surface area (Å²) in [5.74, 6) is 2.94. The lowest BCUT2D eigenvalue weighted by molar-refractivity contribution is -0.0552. The largest absolute Gasteiger partial charge is 0.133 e. The van der Waals surface area contributed by atoms with Crippen molar-refractivity contribution in [1.29, 1.82) is 0 Å². The second-order valence-electron chi connectivity index (χ2n) is 7.20. The van der Waals surface area contributed by atoms with Crippen molar-refractivity contribution in [3.8, 4) is 0 Å². The van der Waals surface area contributed by atoms with E-state index in [4.69, 9.17) is 11.6 Å². The number of aryl methyl sites for hydroxylation is 1. The van der Waals surface area contributed by atoms with Crippen LogP contribution in [-0.2, 0) is 0 Å². The molecule has 5 rings (SSSR count). The highest BCUT2D eigenvalue weighted by molar-refractivity contribution is 9.11. The van der Waals surface area contributed by atoms with E-state index < -0.39 is 0 Å². The molecule has 0 spiro atoms. The van der Waals surface area contributed by atoms with Gasteiger partial charge in [0, 0.05) is 4.88 Å². The van der Waals surface area contributed by atoms with Crippen molar-refractivity contribution in [3.63, 3.8) is 0 Å². The van der Waals surface area contributed by atoms with Gasteiger partial charge >= 0.3 is 0 Å². The van der Waals surface area contributed by atoms with Crippen molar-refractivity contribution in [2.24, 2.45) is 23.2 Å². The zero-order valence-electron chi connectivity index (χ0n) is 11.3. The van der Waals surface area contributed by atoms with Crippen LogP contribution in [0.15, 0.2) is 9.85 Å². The Kier molecular flexibility index (Phi) is 3.10. The summed E-state index contributed by atoms with van der Waals surface area (Å²) in [7, 11) is 0. The minimum atomic E-state index is 0.239. The number of hydrogen-bond acceptors (Lipinski definition) is 1. The molecule has 0 radical (unpaired) electrons. The highest BCUT2D eigenvalue weighted by atomic mass is 79.9. The summed E-state index contributed by atoms with van der Waals surface area (Å²) in [5, 5.41) is 0.239. The molecule has 0 amide bonds. The van der Waals surface area contributed by atoms with Gasteiger partial charge in [-0.1, -0.05) is 0 Å². The van der Waals surface area contributed by atoms with Crippen molar-refractivity contribution in [3.05, 3.63) is 20.3 Å². The highest BCUT2D eigenvalue weighted by Gasteiger charge is 2.54. The maximum absolute atomic E-state index is 7.03. The topological polar surface area (TPSA) is 0 Å². The summed E-state index contributed by atoms with van der Waals surface area (Å²) in [6, 6.07) is 2.27. The van der Waals surface area contributed by atoms with Crippen LogP contribution >= 0.6 is 38.9 Å². The standard InChI is InChI=1S/C16H20BrClS/c1-9-13(5-14(17)19-9)15(18)16-6-10-2-11(7-16)4-12(3-10)8-16/h5,10-12,15H,2-4,6-8H2,1H3. The van der Waals surface area contributed by atoms with Crippen molar-refractivity contribution < 1.29 is 0 Å². The number of thiophene rings is 1. The molecule has 1 atom stereocenters. The summed E-state index contributed by atoms with van der Waals surface area (Å²) in [4.78, 5) is 1.41. The van der Waals surface area contributed by atoms with E-state index in [0.29, 0.717) is 5.41 Å². The average Bonchev–Trinajstić information content (AvgIpc) is 2.65. The van der Waals surface area contributed by atoms with E-state index >= 15 is 0 Å². The number of rotatable bonds is 2. The Balaban J connectivity index is 1.69. The Morgan fingerprint density at radius 2 is 1.74 bits per heavy atom. The SMILES string of the molecule is Cc1sc(Br)cc1C(Cl)C12CC3CC(CC(C3)C1)C2. The Bertz CT molecular complexity index is 472. The minimum absolute atomic E-state index is 0.239. The zero-order chi connectivity index (χ0) is 13.2. The van der Waals surface area contributed by atoms with Gasteiger partial charge < -0.3 is 0 Å². The van der Waals surface area contributed by atoms with Crippen LogP contribution in [0.4, 0.5) is 0 Å². The first-order valence-electron chi connectivity index (χ1n) is 7.46. The Morgan fingerprint density at radius 3 is 2.16 bits per heavy atom. The second-order valence-corrected chi connectivity index (χ2v) is 10.3. The molecular formula is C16H20BrClS. The van der Waals surface area contributed by atoms with Gasteiger partial charge in [0.1, 0.15) is 0 Å². The molecule has 4 saturated carbocycles. The molecule has 3 heteroatoms. The van der Waals surface area contributed by atoms with Crippen LogP contribution in [0.2, 0.25) is 0 Å². The summed E-state index contributed by atoms with van der Waals surface area (Å²) < 4.78 is 1.23. The fourth-order valence-corrected chi connectivity index (χ4v) is 7.83. The summed E-state index contributed by atoms with van der Waals surface area (Å²) >= 11 is 12.5. The molecule has 4 aliphatic rings. The van der Waals surface area contributed by atoms with Crippen molar-refractivity contribution in [2.75, 3.05) is 0 Å². The molecule has 0 aromatic carbocycles. The van der Waals surface area contributed by atoms with Gasteiger partial charge in [-0.3, -0.25) is 0 Å². The first kappa shape index (κ1) is 13.2. The van der Waals surface area contributed by atoms with E-state index in [1.807, 2.05) is 11.3 Å². The predicted molar refractivity (Wildman–Crippen MR) is 86.0 cm³/mol. The molecular weight excluding hydrogens is 340 g/mol. The first-order valence-corrected chi connectivity index (χ1v) is 9.50. The quantitative estimate of drug-likeness (QED) is 0.542. The lowest BCUT2D eigenvalue weighted by Gasteiger charge is -2.58. The smallest absolute Gasteiger partial charge is 0.0704 e. The molecule has 0 saturated heterocycles. The van der Waals surface area contributed by atoms with Crippen molar-refractivity contribution in [2.45, 2.75) is 50.8 Å². The van der Waals surface area contributed by atoms with Gasteiger partial charge in [-0.05, 0) is 96.2 Å². The summed E-state index contributed by atoms with van der Waals surface area (Å²) in [6.07, 6.45) is 8.65. The van der Waals surface area contributed by atoms with Gasteiger partial charge in [0.2, 0.25) is 0 Å². The third-order valence-electron chi connectivity index (χ3n) is 5.82. The Labute approximate surface area is 133 Å². The minimum Gasteiger partial charge on any atom is -0.133 e. The zero-order valence-corrected chi connectivity index (χ0v) is 14.5. The monoisotopic (exact) mass is 358 g/mol. The highest BCUT2D eigenvalue weighted by Crippen LogP contribution is 2.65. The number of halogens is 2. The van der Waals surface area contributed by atoms with E-state index in [1.165, 1.54) is 52.8 Å². The van der Waals surface area contributed by atoms with Crippen LogP contribution in [0, 0.1) is 30.1 Å². The number of alkyl halides is 1. The maximum Gasteiger partial charge on any atom is 0.0704 e. The van der Waals surface area contributed by atoms with E-state index in [-0.39, 0.29) is 5.38 Å². The Morgan fingerprint density at radius 1 is 1.21 bits per heavy atom. The Hall–Kier alpha value is 0.470. The molecule has 1 aromatic heterocycles. The van der Waals surface area contributed by atoms with Gasteiger partial charge in [-0.25, -0.2) is 0 Å². The van der Waals surface area contributed by atoms with E-state index in [1.54, 1.807) is 0 Å². The third kappa shape index (κ3) is 2.05. The molecule has 19 heavy (non-hydrogen) atoms.